The van der Waals surface area contributed by atoms with Gasteiger partial charge in [0.25, 0.3) is 0 Å². The summed E-state index contributed by atoms with van der Waals surface area (Å²) >= 11 is 12.4. The minimum Gasteiger partial charge on any atom is -0.495 e. The molecule has 64 heavy (non-hydrogen) atoms. The molecule has 6 unspecified atom stereocenters. The molecular formula is C45H55Cl2F2N3O12. The number of halogens is 4. The van der Waals surface area contributed by atoms with Crippen LogP contribution in [0.25, 0.3) is 0 Å². The Labute approximate surface area is 381 Å². The van der Waals surface area contributed by atoms with Gasteiger partial charge in [-0.25, -0.2) is 13.6 Å². The second-order valence-corrected chi connectivity index (χ2v) is 16.8. The van der Waals surface area contributed by atoms with Crippen molar-refractivity contribution in [2.45, 2.75) is 63.2 Å². The summed E-state index contributed by atoms with van der Waals surface area (Å²) in [6, 6.07) is 12.6. The van der Waals surface area contributed by atoms with Crippen molar-refractivity contribution in [2.24, 2.45) is 5.41 Å². The van der Waals surface area contributed by atoms with E-state index >= 15 is 8.78 Å². The maximum absolute atomic E-state index is 16.1. The Morgan fingerprint density at radius 1 is 0.859 bits per heavy atom. The summed E-state index contributed by atoms with van der Waals surface area (Å²) in [6.07, 6.45) is -1.10. The highest BCUT2D eigenvalue weighted by Crippen LogP contribution is 2.53. The second-order valence-electron chi connectivity index (χ2n) is 16.0. The molecule has 0 aliphatic carbocycles. The zero-order chi connectivity index (χ0) is 46.3. The first-order valence-corrected chi connectivity index (χ1v) is 21.4. The lowest BCUT2D eigenvalue weighted by atomic mass is 9.62. The van der Waals surface area contributed by atoms with Gasteiger partial charge >= 0.3 is 5.97 Å². The Balaban J connectivity index is 1.14. The molecule has 19 heteroatoms. The number of benzene rings is 3. The third-order valence-electron chi connectivity index (χ3n) is 10.3. The molecule has 1 amide bonds. The fourth-order valence-electron chi connectivity index (χ4n) is 7.38. The normalized spacial score (nSPS) is 21.7. The Morgan fingerprint density at radius 2 is 1.50 bits per heavy atom. The number of carbonyl (C=O) groups is 2. The first-order chi connectivity index (χ1) is 30.7. The molecule has 0 saturated carbocycles. The van der Waals surface area contributed by atoms with Crippen molar-refractivity contribution in [1.29, 1.82) is 5.26 Å². The maximum atomic E-state index is 16.1. The number of nitrogens with zero attached hydrogens (tertiary/aromatic N) is 1. The molecule has 0 bridgehead atoms. The van der Waals surface area contributed by atoms with Gasteiger partial charge in [0.05, 0.1) is 102 Å². The van der Waals surface area contributed by atoms with Gasteiger partial charge in [-0.2, -0.15) is 5.26 Å². The van der Waals surface area contributed by atoms with Crippen molar-refractivity contribution < 1.29 is 65.7 Å². The zero-order valence-electron chi connectivity index (χ0n) is 36.4. The molecule has 2 N–H and O–H groups in total. The average molecular weight is 939 g/mol. The van der Waals surface area contributed by atoms with Crippen LogP contribution in [-0.4, -0.2) is 124 Å². The summed E-state index contributed by atoms with van der Waals surface area (Å²) < 4.78 is 85.7. The van der Waals surface area contributed by atoms with E-state index in [1.165, 1.54) is 55.6 Å². The highest BCUT2D eigenvalue weighted by Gasteiger charge is 2.61. The van der Waals surface area contributed by atoms with Crippen LogP contribution in [0, 0.1) is 28.4 Å². The van der Waals surface area contributed by atoms with Gasteiger partial charge in [-0.3, -0.25) is 4.79 Å². The Kier molecular flexibility index (Phi) is 19.5. The molecule has 3 aromatic rings. The third kappa shape index (κ3) is 13.8. The number of esters is 1. The van der Waals surface area contributed by atoms with E-state index in [9.17, 15) is 14.9 Å². The number of ether oxygens (including phenoxy) is 10. The molecule has 2 fully saturated rings. The number of methoxy groups -OCH3 is 2. The van der Waals surface area contributed by atoms with Crippen molar-refractivity contribution in [1.82, 2.24) is 5.32 Å². The van der Waals surface area contributed by atoms with E-state index in [1.807, 2.05) is 20.8 Å². The summed E-state index contributed by atoms with van der Waals surface area (Å²) in [4.78, 5) is 27.4. The molecule has 2 saturated heterocycles. The van der Waals surface area contributed by atoms with Crippen LogP contribution in [0.4, 0.5) is 14.5 Å². The lowest BCUT2D eigenvalue weighted by Gasteiger charge is -2.37. The van der Waals surface area contributed by atoms with Crippen LogP contribution in [-0.2, 0) is 52.8 Å². The summed E-state index contributed by atoms with van der Waals surface area (Å²) in [7, 11) is 2.96. The van der Waals surface area contributed by atoms with Gasteiger partial charge in [0, 0.05) is 29.7 Å². The van der Waals surface area contributed by atoms with E-state index in [0.717, 1.165) is 6.07 Å². The third-order valence-corrected chi connectivity index (χ3v) is 10.8. The van der Waals surface area contributed by atoms with E-state index in [4.69, 9.17) is 70.6 Å². The number of rotatable bonds is 26. The molecule has 6 atom stereocenters. The maximum Gasteiger partial charge on any atom is 0.340 e. The molecule has 2 aliphatic rings. The predicted octanol–water partition coefficient (Wildman–Crippen LogP) is 6.78. The van der Waals surface area contributed by atoms with Gasteiger partial charge < -0.3 is 58.0 Å². The van der Waals surface area contributed by atoms with Crippen LogP contribution in [0.2, 0.25) is 10.0 Å². The van der Waals surface area contributed by atoms with Gasteiger partial charge in [-0.05, 0) is 53.8 Å². The molecule has 3 aromatic carbocycles. The fourth-order valence-corrected chi connectivity index (χ4v) is 7.72. The first kappa shape index (κ1) is 51.0. The largest absolute Gasteiger partial charge is 0.495 e. The standard InChI is InChI=1S/C45H55Cl2F2N3O12/c1-44(2,3)25-36-45(26-50,31-11-10-29(46)24-33(31)48)37(30-7-6-8-32(47)38(30)49)39(52-36)40(53)51-34-12-9-28(23-35(34)56-5)41(54)62-27-63-43-42(64-43)61-22-21-60-20-19-59-18-17-58-16-15-57-14-13-55-4/h6-12,23-24,36-37,39,42-43,52H,13-22,25,27H2,1-5H3,(H,51,53). The lowest BCUT2D eigenvalue weighted by Crippen LogP contribution is -2.45. The summed E-state index contributed by atoms with van der Waals surface area (Å²) in [5, 5.41) is 17.1. The van der Waals surface area contributed by atoms with Gasteiger partial charge in [0.15, 0.2) is 6.79 Å². The van der Waals surface area contributed by atoms with Crippen LogP contribution in [0.15, 0.2) is 54.6 Å². The number of carbonyl (C=O) groups excluding carboxylic acids is 2. The van der Waals surface area contributed by atoms with Crippen molar-refractivity contribution in [3.8, 4) is 11.8 Å². The van der Waals surface area contributed by atoms with Gasteiger partial charge in [-0.15, -0.1) is 0 Å². The molecule has 2 aliphatic heterocycles. The summed E-state index contributed by atoms with van der Waals surface area (Å²) in [5.41, 5.74) is -2.15. The Hall–Kier alpha value is -4.03. The summed E-state index contributed by atoms with van der Waals surface area (Å²) in [5.74, 6) is -4.29. The van der Waals surface area contributed by atoms with Gasteiger partial charge in [0.1, 0.15) is 22.8 Å². The van der Waals surface area contributed by atoms with Crippen LogP contribution in [0.1, 0.15) is 54.6 Å². The predicted molar refractivity (Wildman–Crippen MR) is 230 cm³/mol. The van der Waals surface area contributed by atoms with Crippen LogP contribution >= 0.6 is 23.2 Å². The van der Waals surface area contributed by atoms with Gasteiger partial charge in [0.2, 0.25) is 18.5 Å². The van der Waals surface area contributed by atoms with E-state index < -0.39 is 71.7 Å². The van der Waals surface area contributed by atoms with E-state index in [1.54, 1.807) is 7.11 Å². The molecule has 0 aromatic heterocycles. The van der Waals surface area contributed by atoms with E-state index in [0.29, 0.717) is 59.5 Å². The lowest BCUT2D eigenvalue weighted by molar-refractivity contribution is -0.118. The van der Waals surface area contributed by atoms with E-state index in [-0.39, 0.29) is 51.2 Å². The molecule has 15 nitrogen and oxygen atoms in total. The van der Waals surface area contributed by atoms with Crippen LogP contribution in [0.3, 0.4) is 0 Å². The monoisotopic (exact) mass is 937 g/mol. The fraction of sp³-hybridized carbons (Fsp3) is 0.533. The highest BCUT2D eigenvalue weighted by atomic mass is 35.5. The van der Waals surface area contributed by atoms with Gasteiger partial charge in [-0.1, -0.05) is 62.2 Å². The van der Waals surface area contributed by atoms with Crippen LogP contribution < -0.4 is 15.4 Å². The average Bonchev–Trinajstić information content (AvgIpc) is 3.93. The minimum absolute atomic E-state index is 0.0561. The molecule has 0 radical (unpaired) electrons. The number of hydrogen-bond acceptors (Lipinski definition) is 14. The number of anilines is 1. The van der Waals surface area contributed by atoms with E-state index in [2.05, 4.69) is 16.7 Å². The molecule has 0 spiro atoms. The minimum atomic E-state index is -1.82. The van der Waals surface area contributed by atoms with Crippen LogP contribution in [0.5, 0.6) is 5.75 Å². The van der Waals surface area contributed by atoms with Crippen molar-refractivity contribution in [3.05, 3.63) is 93.0 Å². The number of amides is 1. The smallest absolute Gasteiger partial charge is 0.340 e. The number of epoxide rings is 1. The number of nitrogens with one attached hydrogen (secondary N) is 2. The number of hydrogen-bond donors (Lipinski definition) is 2. The molecule has 350 valence electrons. The van der Waals surface area contributed by atoms with Crippen molar-refractivity contribution in [2.75, 3.05) is 92.4 Å². The first-order valence-electron chi connectivity index (χ1n) is 20.7. The highest BCUT2D eigenvalue weighted by molar-refractivity contribution is 6.31. The quantitative estimate of drug-likeness (QED) is 0.0373. The molecule has 5 rings (SSSR count). The second kappa shape index (κ2) is 24.5. The summed E-state index contributed by atoms with van der Waals surface area (Å²) in [6.45, 7) is 9.63. The SMILES string of the molecule is COCCOCCOCCOCCOCCOC1OC1OCOC(=O)c1ccc(NC(=O)C2NC(CC(C)(C)C)C(C#N)(c3ccc(Cl)cc3F)C2c2cccc(Cl)c2F)c(OC)c1. The molecular weight excluding hydrogens is 883 g/mol. The van der Waals surface area contributed by atoms with Crippen molar-refractivity contribution in [3.63, 3.8) is 0 Å². The van der Waals surface area contributed by atoms with Crippen molar-refractivity contribution >= 4 is 40.8 Å². The zero-order valence-corrected chi connectivity index (χ0v) is 37.9. The Morgan fingerprint density at radius 3 is 2.11 bits per heavy atom. The molecule has 2 heterocycles. The number of nitriles is 1. The topological polar surface area (TPSA) is 178 Å². The Bertz CT molecular complexity index is 2060.